The van der Waals surface area contributed by atoms with E-state index in [1.54, 1.807) is 0 Å². The van der Waals surface area contributed by atoms with Crippen LogP contribution in [0.1, 0.15) is 47.9 Å². The van der Waals surface area contributed by atoms with Crippen LogP contribution in [0.4, 0.5) is 13.2 Å². The Hall–Kier alpha value is -2.56. The summed E-state index contributed by atoms with van der Waals surface area (Å²) in [6.45, 7) is 1.24. The smallest absolute Gasteiger partial charge is 0.406 e. The summed E-state index contributed by atoms with van der Waals surface area (Å²) in [6, 6.07) is 16.0. The van der Waals surface area contributed by atoms with Crippen LogP contribution in [-0.2, 0) is 4.74 Å². The minimum absolute atomic E-state index is 0.00240. The number of nitrogens with one attached hydrogen (secondary N) is 1. The molecule has 2 aliphatic heterocycles. The highest BCUT2D eigenvalue weighted by atomic mass is 19.4. The highest BCUT2D eigenvalue weighted by Crippen LogP contribution is 2.49. The molecule has 2 aromatic carbocycles. The summed E-state index contributed by atoms with van der Waals surface area (Å²) in [7, 11) is 0. The summed E-state index contributed by atoms with van der Waals surface area (Å²) < 4.78 is 48.3. The van der Waals surface area contributed by atoms with E-state index in [1.165, 1.54) is 18.2 Å². The van der Waals surface area contributed by atoms with Gasteiger partial charge in [-0.1, -0.05) is 30.3 Å². The molecular weight excluding hydrogens is 381 g/mol. The van der Waals surface area contributed by atoms with E-state index in [9.17, 15) is 18.4 Å². The number of nitrogens with zero attached hydrogens (tertiary/aromatic N) is 1. The fourth-order valence-electron chi connectivity index (χ4n) is 4.59. The molecule has 2 fully saturated rings. The normalized spacial score (nSPS) is 27.0. The van der Waals surface area contributed by atoms with Crippen LogP contribution >= 0.6 is 0 Å². The Bertz CT molecular complexity index is 911. The molecule has 1 N–H and O–H groups in total. The third kappa shape index (κ3) is 4.09. The molecule has 3 atom stereocenters. The Morgan fingerprint density at radius 3 is 2.69 bits per heavy atom. The highest BCUT2D eigenvalue weighted by molar-refractivity contribution is 5.45. The van der Waals surface area contributed by atoms with Crippen molar-refractivity contribution in [1.29, 1.82) is 5.26 Å². The molecule has 152 valence electrons. The first-order valence-corrected chi connectivity index (χ1v) is 9.62. The average molecular weight is 402 g/mol. The van der Waals surface area contributed by atoms with E-state index in [4.69, 9.17) is 4.74 Å². The van der Waals surface area contributed by atoms with Gasteiger partial charge in [0.25, 0.3) is 0 Å². The molecule has 0 aliphatic carbocycles. The summed E-state index contributed by atoms with van der Waals surface area (Å²) in [5.74, 6) is -0.485. The second-order valence-electron chi connectivity index (χ2n) is 7.59. The van der Waals surface area contributed by atoms with Gasteiger partial charge >= 0.3 is 6.36 Å². The van der Waals surface area contributed by atoms with Crippen LogP contribution in [0.25, 0.3) is 0 Å². The molecule has 0 saturated carbocycles. The number of rotatable bonds is 3. The summed E-state index contributed by atoms with van der Waals surface area (Å²) in [4.78, 5) is 0. The molecule has 2 aromatic rings. The monoisotopic (exact) mass is 402 g/mol. The van der Waals surface area contributed by atoms with Crippen molar-refractivity contribution >= 4 is 0 Å². The second-order valence-corrected chi connectivity index (χ2v) is 7.59. The number of halogens is 3. The van der Waals surface area contributed by atoms with Gasteiger partial charge in [0.2, 0.25) is 0 Å². The third-order valence-corrected chi connectivity index (χ3v) is 5.76. The van der Waals surface area contributed by atoms with Crippen molar-refractivity contribution < 1.29 is 22.6 Å². The zero-order valence-corrected chi connectivity index (χ0v) is 15.7. The molecule has 4 nitrogen and oxygen atoms in total. The van der Waals surface area contributed by atoms with Crippen molar-refractivity contribution in [2.24, 2.45) is 0 Å². The van der Waals surface area contributed by atoms with E-state index in [1.807, 2.05) is 18.2 Å². The number of piperidine rings is 1. The fourth-order valence-corrected chi connectivity index (χ4v) is 4.59. The van der Waals surface area contributed by atoms with E-state index in [2.05, 4.69) is 28.3 Å². The molecule has 0 bridgehead atoms. The van der Waals surface area contributed by atoms with Gasteiger partial charge in [-0.05, 0) is 55.1 Å². The quantitative estimate of drug-likeness (QED) is 0.800. The first-order valence-electron chi connectivity index (χ1n) is 9.62. The van der Waals surface area contributed by atoms with E-state index >= 15 is 0 Å². The predicted octanol–water partition coefficient (Wildman–Crippen LogP) is 4.82. The Balaban J connectivity index is 1.63. The van der Waals surface area contributed by atoms with Crippen LogP contribution in [-0.4, -0.2) is 25.1 Å². The number of ether oxygens (including phenoxy) is 2. The van der Waals surface area contributed by atoms with Crippen molar-refractivity contribution in [3.05, 3.63) is 65.2 Å². The van der Waals surface area contributed by atoms with Crippen LogP contribution < -0.4 is 10.1 Å². The lowest BCUT2D eigenvalue weighted by Crippen LogP contribution is -2.48. The molecule has 2 saturated heterocycles. The Kier molecular flexibility index (Phi) is 5.24. The molecule has 29 heavy (non-hydrogen) atoms. The van der Waals surface area contributed by atoms with Crippen LogP contribution in [0.15, 0.2) is 48.5 Å². The van der Waals surface area contributed by atoms with Crippen molar-refractivity contribution in [1.82, 2.24) is 5.32 Å². The van der Waals surface area contributed by atoms with Gasteiger partial charge in [-0.2, -0.15) is 5.26 Å². The third-order valence-electron chi connectivity index (χ3n) is 5.76. The molecule has 0 aromatic heterocycles. The minimum atomic E-state index is -4.77. The summed E-state index contributed by atoms with van der Waals surface area (Å²) >= 11 is 0. The summed E-state index contributed by atoms with van der Waals surface area (Å²) in [6.07, 6.45) is -2.33. The maximum atomic E-state index is 12.6. The largest absolute Gasteiger partial charge is 0.573 e. The average Bonchev–Trinajstić information content (AvgIpc) is 3.12. The minimum Gasteiger partial charge on any atom is -0.406 e. The van der Waals surface area contributed by atoms with Gasteiger partial charge in [0, 0.05) is 5.92 Å². The van der Waals surface area contributed by atoms with Crippen molar-refractivity contribution in [2.45, 2.75) is 43.2 Å². The van der Waals surface area contributed by atoms with Crippen molar-refractivity contribution in [3.8, 4) is 11.8 Å². The van der Waals surface area contributed by atoms with Gasteiger partial charge in [0.05, 0.1) is 29.9 Å². The van der Waals surface area contributed by atoms with Gasteiger partial charge < -0.3 is 14.8 Å². The van der Waals surface area contributed by atoms with Gasteiger partial charge in [-0.15, -0.1) is 13.2 Å². The van der Waals surface area contributed by atoms with E-state index < -0.39 is 12.0 Å². The van der Waals surface area contributed by atoms with Gasteiger partial charge in [-0.3, -0.25) is 0 Å². The van der Waals surface area contributed by atoms with E-state index in [0.717, 1.165) is 24.9 Å². The van der Waals surface area contributed by atoms with Gasteiger partial charge in [0.15, 0.2) is 0 Å². The number of alkyl halides is 3. The van der Waals surface area contributed by atoms with Crippen LogP contribution in [0.2, 0.25) is 0 Å². The molecule has 1 spiro atoms. The van der Waals surface area contributed by atoms with Crippen LogP contribution in [0, 0.1) is 11.3 Å². The molecule has 2 heterocycles. The Morgan fingerprint density at radius 2 is 1.97 bits per heavy atom. The fraction of sp³-hybridized carbons (Fsp3) is 0.409. The molecule has 0 unspecified atom stereocenters. The molecular formula is C22H21F3N2O2. The van der Waals surface area contributed by atoms with Crippen molar-refractivity contribution in [2.75, 3.05) is 13.2 Å². The lowest BCUT2D eigenvalue weighted by molar-refractivity contribution is -0.274. The zero-order valence-electron chi connectivity index (χ0n) is 15.7. The molecule has 0 radical (unpaired) electrons. The number of nitriles is 1. The lowest BCUT2D eigenvalue weighted by atomic mass is 9.76. The number of hydrogen-bond donors (Lipinski definition) is 1. The summed E-state index contributed by atoms with van der Waals surface area (Å²) in [5.41, 5.74) is 1.58. The highest BCUT2D eigenvalue weighted by Gasteiger charge is 2.49. The summed E-state index contributed by atoms with van der Waals surface area (Å²) in [5, 5.41) is 13.0. The van der Waals surface area contributed by atoms with Gasteiger partial charge in [-0.25, -0.2) is 0 Å². The molecule has 7 heteroatoms. The van der Waals surface area contributed by atoms with Crippen LogP contribution in [0.3, 0.4) is 0 Å². The maximum absolute atomic E-state index is 12.6. The molecule has 2 aliphatic rings. The molecule has 4 rings (SSSR count). The van der Waals surface area contributed by atoms with E-state index in [0.29, 0.717) is 24.2 Å². The Labute approximate surface area is 167 Å². The predicted molar refractivity (Wildman–Crippen MR) is 100 cm³/mol. The Morgan fingerprint density at radius 1 is 1.17 bits per heavy atom. The maximum Gasteiger partial charge on any atom is 0.573 e. The lowest BCUT2D eigenvalue weighted by Gasteiger charge is -2.41. The SMILES string of the molecule is N#Cc1ccc(OC(F)(F)F)cc1[C@@H]1CO[C@]2(CCCN[C@H]2c2ccccc2)C1. The molecule has 0 amide bonds. The van der Waals surface area contributed by atoms with Gasteiger partial charge in [0.1, 0.15) is 5.75 Å². The van der Waals surface area contributed by atoms with E-state index in [-0.39, 0.29) is 17.7 Å². The zero-order chi connectivity index (χ0) is 20.5. The standard InChI is InChI=1S/C22H21F3N2O2/c23-22(24,25)29-18-8-7-16(13-26)19(11-18)17-12-21(28-14-17)9-4-10-27-20(21)15-5-2-1-3-6-15/h1-3,5-8,11,17,20,27H,4,9-10,12,14H2/t17-,20-,21+/m0/s1. The topological polar surface area (TPSA) is 54.3 Å². The van der Waals surface area contributed by atoms with Crippen LogP contribution in [0.5, 0.6) is 5.75 Å². The first-order chi connectivity index (χ1) is 13.9. The number of benzene rings is 2. The van der Waals surface area contributed by atoms with Crippen molar-refractivity contribution in [3.63, 3.8) is 0 Å². The second kappa shape index (κ2) is 7.69. The first kappa shape index (κ1) is 19.7. The number of hydrogen-bond acceptors (Lipinski definition) is 4.